The molecule has 0 spiro atoms. The number of rotatable bonds is 3. The average Bonchev–Trinajstić information content (AvgIpc) is 2.12. The first-order chi connectivity index (χ1) is 6.61. The van der Waals surface area contributed by atoms with Crippen LogP contribution in [0.3, 0.4) is 0 Å². The first-order valence-electron chi connectivity index (χ1n) is 4.85. The molecule has 0 bridgehead atoms. The highest BCUT2D eigenvalue weighted by molar-refractivity contribution is 5.80. The first-order valence-corrected chi connectivity index (χ1v) is 4.85. The van der Waals surface area contributed by atoms with Crippen molar-refractivity contribution in [2.45, 2.75) is 45.0 Å². The van der Waals surface area contributed by atoms with Gasteiger partial charge in [0, 0.05) is 0 Å². The number of nitrogens with zero attached hydrogens (tertiary/aromatic N) is 1. The summed E-state index contributed by atoms with van der Waals surface area (Å²) in [6, 6.07) is 0. The summed E-state index contributed by atoms with van der Waals surface area (Å²) in [6.45, 7) is 4.23. The monoisotopic (exact) mass is 202 g/mol. The smallest absolute Gasteiger partial charge is 0.165 e. The molecule has 5 heteroatoms. The summed E-state index contributed by atoms with van der Waals surface area (Å²) in [5, 5.41) is 11.2. The van der Waals surface area contributed by atoms with Crippen LogP contribution in [0.2, 0.25) is 0 Å². The molecule has 0 aromatic carbocycles. The molecular formula is C9H18N2O3. The van der Waals surface area contributed by atoms with Gasteiger partial charge in [-0.15, -0.1) is 0 Å². The number of oxime groups is 1. The van der Waals surface area contributed by atoms with Crippen LogP contribution in [-0.2, 0) is 9.47 Å². The van der Waals surface area contributed by atoms with Crippen LogP contribution in [0.15, 0.2) is 5.16 Å². The van der Waals surface area contributed by atoms with Crippen LogP contribution in [0.1, 0.15) is 26.7 Å². The second-order valence-corrected chi connectivity index (χ2v) is 3.75. The van der Waals surface area contributed by atoms with Gasteiger partial charge in [-0.25, -0.2) is 0 Å². The quantitative estimate of drug-likeness (QED) is 0.306. The van der Waals surface area contributed by atoms with Gasteiger partial charge in [-0.05, 0) is 26.7 Å². The molecule has 1 fully saturated rings. The molecule has 82 valence electrons. The zero-order valence-electron chi connectivity index (χ0n) is 8.64. The normalized spacial score (nSPS) is 34.4. The zero-order valence-corrected chi connectivity index (χ0v) is 8.64. The Morgan fingerprint density at radius 3 is 2.57 bits per heavy atom. The van der Waals surface area contributed by atoms with Gasteiger partial charge < -0.3 is 20.4 Å². The minimum absolute atomic E-state index is 0.108. The molecule has 1 saturated heterocycles. The summed E-state index contributed by atoms with van der Waals surface area (Å²) < 4.78 is 11.0. The fourth-order valence-corrected chi connectivity index (χ4v) is 1.71. The standard InChI is InChI=1S/C9H18N2O3/c1-6-3-8(4-7(2)14-6)13-5-9(10)11-12/h6-8,12H,3-5H2,1-2H3,(H2,10,11). The summed E-state index contributed by atoms with van der Waals surface area (Å²) in [5.41, 5.74) is 5.30. The number of nitrogens with two attached hydrogens (primary N) is 1. The Hall–Kier alpha value is -0.810. The van der Waals surface area contributed by atoms with Gasteiger partial charge in [0.15, 0.2) is 5.84 Å². The number of ether oxygens (including phenoxy) is 2. The summed E-state index contributed by atoms with van der Waals surface area (Å²) in [6.07, 6.45) is 2.31. The highest BCUT2D eigenvalue weighted by atomic mass is 16.5. The van der Waals surface area contributed by atoms with E-state index in [-0.39, 0.29) is 30.8 Å². The molecule has 0 radical (unpaired) electrons. The minimum Gasteiger partial charge on any atom is -0.409 e. The van der Waals surface area contributed by atoms with Gasteiger partial charge in [-0.3, -0.25) is 0 Å². The van der Waals surface area contributed by atoms with Crippen LogP contribution < -0.4 is 5.73 Å². The Kier molecular flexibility index (Phi) is 4.16. The fourth-order valence-electron chi connectivity index (χ4n) is 1.71. The van der Waals surface area contributed by atoms with Crippen molar-refractivity contribution in [2.75, 3.05) is 6.61 Å². The van der Waals surface area contributed by atoms with Gasteiger partial charge in [0.1, 0.15) is 6.61 Å². The van der Waals surface area contributed by atoms with Crippen molar-refractivity contribution in [3.05, 3.63) is 0 Å². The molecule has 1 heterocycles. The Bertz CT molecular complexity index is 198. The van der Waals surface area contributed by atoms with Crippen molar-refractivity contribution in [3.8, 4) is 0 Å². The van der Waals surface area contributed by atoms with Crippen LogP contribution in [0.25, 0.3) is 0 Å². The largest absolute Gasteiger partial charge is 0.409 e. The Balaban J connectivity index is 2.30. The summed E-state index contributed by atoms with van der Waals surface area (Å²) in [4.78, 5) is 0. The number of amidine groups is 1. The first kappa shape index (κ1) is 11.3. The second kappa shape index (κ2) is 5.17. The molecule has 1 rings (SSSR count). The van der Waals surface area contributed by atoms with Gasteiger partial charge in [0.2, 0.25) is 0 Å². The molecule has 1 aliphatic rings. The van der Waals surface area contributed by atoms with Gasteiger partial charge in [-0.1, -0.05) is 5.16 Å². The van der Waals surface area contributed by atoms with Crippen LogP contribution in [-0.4, -0.2) is 36.0 Å². The van der Waals surface area contributed by atoms with Gasteiger partial charge in [0.25, 0.3) is 0 Å². The van der Waals surface area contributed by atoms with Crippen LogP contribution >= 0.6 is 0 Å². The maximum absolute atomic E-state index is 8.33. The third kappa shape index (κ3) is 3.51. The predicted octanol–water partition coefficient (Wildman–Crippen LogP) is 0.705. The molecular weight excluding hydrogens is 184 g/mol. The molecule has 0 aromatic heterocycles. The molecule has 1 aliphatic heterocycles. The number of hydrogen-bond donors (Lipinski definition) is 2. The Morgan fingerprint density at radius 1 is 1.50 bits per heavy atom. The van der Waals surface area contributed by atoms with Crippen molar-refractivity contribution in [1.82, 2.24) is 0 Å². The minimum atomic E-state index is 0.108. The maximum atomic E-state index is 8.33. The van der Waals surface area contributed by atoms with E-state index in [0.717, 1.165) is 12.8 Å². The van der Waals surface area contributed by atoms with Crippen LogP contribution in [0, 0.1) is 0 Å². The molecule has 14 heavy (non-hydrogen) atoms. The van der Waals surface area contributed by atoms with E-state index in [0.29, 0.717) is 0 Å². The van der Waals surface area contributed by atoms with E-state index in [4.69, 9.17) is 20.4 Å². The molecule has 0 saturated carbocycles. The topological polar surface area (TPSA) is 77.1 Å². The number of hydrogen-bond acceptors (Lipinski definition) is 4. The zero-order chi connectivity index (χ0) is 10.6. The molecule has 2 atom stereocenters. The SMILES string of the molecule is CC1CC(OCC(N)=NO)CC(C)O1. The lowest BCUT2D eigenvalue weighted by molar-refractivity contribution is -0.0954. The van der Waals surface area contributed by atoms with Crippen LogP contribution in [0.5, 0.6) is 0 Å². The van der Waals surface area contributed by atoms with E-state index < -0.39 is 0 Å². The van der Waals surface area contributed by atoms with E-state index in [9.17, 15) is 0 Å². The molecule has 5 nitrogen and oxygen atoms in total. The van der Waals surface area contributed by atoms with Crippen LogP contribution in [0.4, 0.5) is 0 Å². The van der Waals surface area contributed by atoms with E-state index in [1.54, 1.807) is 0 Å². The Morgan fingerprint density at radius 2 is 2.07 bits per heavy atom. The molecule has 2 unspecified atom stereocenters. The van der Waals surface area contributed by atoms with Gasteiger partial charge in [0.05, 0.1) is 18.3 Å². The summed E-state index contributed by atoms with van der Waals surface area (Å²) >= 11 is 0. The van der Waals surface area contributed by atoms with Crippen molar-refractivity contribution >= 4 is 5.84 Å². The lowest BCUT2D eigenvalue weighted by Gasteiger charge is -2.31. The molecule has 0 amide bonds. The van der Waals surface area contributed by atoms with Crippen molar-refractivity contribution in [3.63, 3.8) is 0 Å². The van der Waals surface area contributed by atoms with Crippen molar-refractivity contribution < 1.29 is 14.7 Å². The second-order valence-electron chi connectivity index (χ2n) is 3.75. The van der Waals surface area contributed by atoms with Crippen molar-refractivity contribution in [1.29, 1.82) is 0 Å². The van der Waals surface area contributed by atoms with E-state index in [1.807, 2.05) is 13.8 Å². The maximum Gasteiger partial charge on any atom is 0.165 e. The molecule has 0 aromatic rings. The highest BCUT2D eigenvalue weighted by Crippen LogP contribution is 2.21. The van der Waals surface area contributed by atoms with E-state index in [1.165, 1.54) is 0 Å². The summed E-state index contributed by atoms with van der Waals surface area (Å²) in [5.74, 6) is 0.108. The third-order valence-electron chi connectivity index (χ3n) is 2.25. The van der Waals surface area contributed by atoms with Crippen molar-refractivity contribution in [2.24, 2.45) is 10.9 Å². The summed E-state index contributed by atoms with van der Waals surface area (Å²) in [7, 11) is 0. The predicted molar refractivity (Wildman–Crippen MR) is 52.4 cm³/mol. The van der Waals surface area contributed by atoms with Gasteiger partial charge in [-0.2, -0.15) is 0 Å². The lowest BCUT2D eigenvalue weighted by atomic mass is 10.0. The molecule has 0 aliphatic carbocycles. The third-order valence-corrected chi connectivity index (χ3v) is 2.25. The average molecular weight is 202 g/mol. The van der Waals surface area contributed by atoms with E-state index >= 15 is 0 Å². The fraction of sp³-hybridized carbons (Fsp3) is 0.889. The lowest BCUT2D eigenvalue weighted by Crippen LogP contribution is -2.35. The molecule has 3 N–H and O–H groups in total. The highest BCUT2D eigenvalue weighted by Gasteiger charge is 2.24. The Labute approximate surface area is 83.9 Å². The van der Waals surface area contributed by atoms with Gasteiger partial charge >= 0.3 is 0 Å². The van der Waals surface area contributed by atoms with E-state index in [2.05, 4.69) is 5.16 Å².